The number of carbonyl (C=O) groups excluding carboxylic acids is 1. The van der Waals surface area contributed by atoms with Crippen molar-refractivity contribution in [3.63, 3.8) is 0 Å². The highest BCUT2D eigenvalue weighted by atomic mass is 79.9. The van der Waals surface area contributed by atoms with Crippen molar-refractivity contribution in [2.75, 3.05) is 6.61 Å². The van der Waals surface area contributed by atoms with E-state index >= 15 is 0 Å². The van der Waals surface area contributed by atoms with Gasteiger partial charge in [-0.05, 0) is 23.6 Å². The van der Waals surface area contributed by atoms with Crippen LogP contribution in [0.1, 0.15) is 24.8 Å². The molecule has 0 bridgehead atoms. The van der Waals surface area contributed by atoms with Crippen molar-refractivity contribution in [3.8, 4) is 0 Å². The van der Waals surface area contributed by atoms with Crippen LogP contribution in [0.25, 0.3) is 0 Å². The third-order valence-electron chi connectivity index (χ3n) is 3.78. The molecule has 0 unspecified atom stereocenters. The number of rotatable bonds is 7. The molecule has 0 radical (unpaired) electrons. The number of esters is 1. The van der Waals surface area contributed by atoms with E-state index in [0.29, 0.717) is 0 Å². The third-order valence-corrected chi connectivity index (χ3v) is 6.42. The largest absolute Gasteiger partial charge is 0.461 e. The van der Waals surface area contributed by atoms with Gasteiger partial charge in [-0.3, -0.25) is 4.79 Å². The molecule has 1 aromatic carbocycles. The summed E-state index contributed by atoms with van der Waals surface area (Å²) < 4.78 is 4.64. The lowest BCUT2D eigenvalue weighted by atomic mass is 9.85. The molecule has 0 spiro atoms. The minimum atomic E-state index is -1.60. The normalized spacial score (nSPS) is 15.0. The monoisotopic (exact) mass is 472 g/mol. The highest BCUT2D eigenvalue weighted by Gasteiger charge is 2.31. The van der Waals surface area contributed by atoms with Crippen molar-refractivity contribution < 1.29 is 9.53 Å². The molecule has 7 heteroatoms. The average Bonchev–Trinajstić information content (AvgIpc) is 2.44. The number of alkyl halides is 3. The first-order valence-corrected chi connectivity index (χ1v) is 13.5. The van der Waals surface area contributed by atoms with Crippen LogP contribution in [0.5, 0.6) is 0 Å². The molecule has 0 aliphatic carbocycles. The summed E-state index contributed by atoms with van der Waals surface area (Å²) >= 11 is 20.5. The maximum Gasteiger partial charge on any atom is 0.313 e. The van der Waals surface area contributed by atoms with Crippen LogP contribution in [-0.2, 0) is 9.53 Å². The molecule has 0 saturated heterocycles. The fourth-order valence-electron chi connectivity index (χ4n) is 2.44. The summed E-state index contributed by atoms with van der Waals surface area (Å²) in [7, 11) is -1.18. The summed E-state index contributed by atoms with van der Waals surface area (Å²) in [5, 5.41) is 0. The lowest BCUT2D eigenvalue weighted by Gasteiger charge is -2.26. The van der Waals surface area contributed by atoms with Crippen molar-refractivity contribution in [3.05, 3.63) is 34.3 Å². The molecule has 1 aromatic rings. The first-order chi connectivity index (χ1) is 10.9. The number of halogens is 4. The summed E-state index contributed by atoms with van der Waals surface area (Å²) in [4.78, 5) is 12.6. The lowest BCUT2D eigenvalue weighted by molar-refractivity contribution is -0.146. The van der Waals surface area contributed by atoms with Gasteiger partial charge in [-0.15, -0.1) is 0 Å². The lowest BCUT2D eigenvalue weighted by Crippen LogP contribution is -2.28. The molecule has 0 aliphatic rings. The Balaban J connectivity index is 2.94. The quantitative estimate of drug-likeness (QED) is 0.246. The molecule has 0 heterocycles. The van der Waals surface area contributed by atoms with Crippen LogP contribution in [0, 0.1) is 5.92 Å². The van der Waals surface area contributed by atoms with Crippen LogP contribution in [0.2, 0.25) is 25.7 Å². The Morgan fingerprint density at radius 1 is 1.21 bits per heavy atom. The Labute approximate surface area is 169 Å². The van der Waals surface area contributed by atoms with Crippen LogP contribution in [-0.4, -0.2) is 24.4 Å². The van der Waals surface area contributed by atoms with Gasteiger partial charge in [0.15, 0.2) is 0 Å². The standard InChI is InChI=1S/C17H24BrCl3O2Si/c1-12(9-10-24(2,3)4)15(13-5-7-14(18)8-6-13)16(22)23-11-17(19,20)21/h5-8,12,15H,9-11H2,1-4H3/t12-,15+/m1/s1. The van der Waals surface area contributed by atoms with Crippen LogP contribution in [0.15, 0.2) is 28.7 Å². The number of carbonyl (C=O) groups is 1. The van der Waals surface area contributed by atoms with Gasteiger partial charge in [0.25, 0.3) is 0 Å². The first-order valence-electron chi connectivity index (χ1n) is 7.88. The summed E-state index contributed by atoms with van der Waals surface area (Å²) in [5.41, 5.74) is 0.926. The van der Waals surface area contributed by atoms with Crippen molar-refractivity contribution in [2.24, 2.45) is 5.92 Å². The van der Waals surface area contributed by atoms with E-state index in [9.17, 15) is 4.79 Å². The second-order valence-electron chi connectivity index (χ2n) is 7.33. The van der Waals surface area contributed by atoms with E-state index < -0.39 is 11.9 Å². The van der Waals surface area contributed by atoms with Gasteiger partial charge in [0.2, 0.25) is 3.79 Å². The molecule has 0 aromatic heterocycles. The zero-order valence-corrected chi connectivity index (χ0v) is 19.3. The predicted molar refractivity (Wildman–Crippen MR) is 110 cm³/mol. The van der Waals surface area contributed by atoms with Gasteiger partial charge in [0.05, 0.1) is 5.92 Å². The van der Waals surface area contributed by atoms with Gasteiger partial charge in [-0.2, -0.15) is 0 Å². The minimum absolute atomic E-state index is 0.153. The van der Waals surface area contributed by atoms with E-state index in [2.05, 4.69) is 42.5 Å². The van der Waals surface area contributed by atoms with Crippen molar-refractivity contribution >= 4 is 64.8 Å². The molecule has 0 aliphatic heterocycles. The van der Waals surface area contributed by atoms with Crippen LogP contribution < -0.4 is 0 Å². The molecule has 2 atom stereocenters. The zero-order chi connectivity index (χ0) is 18.5. The van der Waals surface area contributed by atoms with Gasteiger partial charge in [-0.1, -0.05) is 102 Å². The minimum Gasteiger partial charge on any atom is -0.461 e. The second-order valence-corrected chi connectivity index (χ2v) is 16.4. The highest BCUT2D eigenvalue weighted by molar-refractivity contribution is 9.10. The van der Waals surface area contributed by atoms with E-state index in [1.54, 1.807) is 0 Å². The molecular weight excluding hydrogens is 451 g/mol. The molecule has 136 valence electrons. The van der Waals surface area contributed by atoms with Crippen LogP contribution >= 0.6 is 50.7 Å². The van der Waals surface area contributed by atoms with Gasteiger partial charge >= 0.3 is 5.97 Å². The fourth-order valence-corrected chi connectivity index (χ4v) is 4.19. The summed E-state index contributed by atoms with van der Waals surface area (Å²) in [6, 6.07) is 8.89. The van der Waals surface area contributed by atoms with Gasteiger partial charge in [0, 0.05) is 12.5 Å². The molecule has 24 heavy (non-hydrogen) atoms. The Hall–Kier alpha value is 0.257. The maximum atomic E-state index is 12.6. The summed E-state index contributed by atoms with van der Waals surface area (Å²) in [6.45, 7) is 8.83. The average molecular weight is 475 g/mol. The van der Waals surface area contributed by atoms with Gasteiger partial charge in [-0.25, -0.2) is 0 Å². The Morgan fingerprint density at radius 3 is 2.21 bits per heavy atom. The smallest absolute Gasteiger partial charge is 0.313 e. The van der Waals surface area contributed by atoms with Crippen molar-refractivity contribution in [1.82, 2.24) is 0 Å². The van der Waals surface area contributed by atoms with Crippen molar-refractivity contribution in [2.45, 2.75) is 48.7 Å². The summed E-state index contributed by atoms with van der Waals surface area (Å²) in [5.74, 6) is -0.547. The van der Waals surface area contributed by atoms with E-state index in [1.807, 2.05) is 24.3 Å². The SMILES string of the molecule is C[C@H](CC[Si](C)(C)C)[C@H](C(=O)OCC(Cl)(Cl)Cl)c1ccc(Br)cc1. The topological polar surface area (TPSA) is 26.3 Å². The number of ether oxygens (including phenoxy) is 1. The highest BCUT2D eigenvalue weighted by Crippen LogP contribution is 2.33. The van der Waals surface area contributed by atoms with Gasteiger partial charge in [0.1, 0.15) is 6.61 Å². The van der Waals surface area contributed by atoms with E-state index in [0.717, 1.165) is 22.5 Å². The third kappa shape index (κ3) is 8.57. The molecule has 0 N–H and O–H groups in total. The van der Waals surface area contributed by atoms with E-state index in [1.165, 1.54) is 0 Å². The molecule has 2 nitrogen and oxygen atoms in total. The number of hydrogen-bond acceptors (Lipinski definition) is 2. The fraction of sp³-hybridized carbons (Fsp3) is 0.588. The van der Waals surface area contributed by atoms with Gasteiger partial charge < -0.3 is 4.74 Å². The number of benzene rings is 1. The maximum absolute atomic E-state index is 12.6. The second kappa shape index (κ2) is 9.27. The molecule has 0 fully saturated rings. The zero-order valence-electron chi connectivity index (χ0n) is 14.4. The summed E-state index contributed by atoms with van der Waals surface area (Å²) in [6.07, 6.45) is 0.972. The Bertz CT molecular complexity index is 538. The molecule has 0 amide bonds. The van der Waals surface area contributed by atoms with Crippen LogP contribution in [0.4, 0.5) is 0 Å². The van der Waals surface area contributed by atoms with Crippen LogP contribution in [0.3, 0.4) is 0 Å². The van der Waals surface area contributed by atoms with Crippen molar-refractivity contribution in [1.29, 1.82) is 0 Å². The Kier molecular flexibility index (Phi) is 8.61. The molecule has 0 saturated carbocycles. The molecular formula is C17H24BrCl3O2Si. The number of hydrogen-bond donors (Lipinski definition) is 0. The Morgan fingerprint density at radius 2 is 1.75 bits per heavy atom. The first kappa shape index (κ1) is 22.3. The van der Waals surface area contributed by atoms with E-state index in [-0.39, 0.29) is 24.4 Å². The van der Waals surface area contributed by atoms with E-state index in [4.69, 9.17) is 39.5 Å². The molecule has 1 rings (SSSR count). The predicted octanol–water partition coefficient (Wildman–Crippen LogP) is 6.81.